The van der Waals surface area contributed by atoms with Gasteiger partial charge in [0.15, 0.2) is 0 Å². The van der Waals surface area contributed by atoms with Crippen LogP contribution in [-0.4, -0.2) is 25.4 Å². The molecule has 1 amide bonds. The van der Waals surface area contributed by atoms with Gasteiger partial charge in [-0.2, -0.15) is 0 Å². The third kappa shape index (κ3) is 3.42. The summed E-state index contributed by atoms with van der Waals surface area (Å²) in [4.78, 5) is 26.5. The Morgan fingerprint density at radius 1 is 0.806 bits per heavy atom. The number of nitrogens with one attached hydrogen (secondary N) is 1. The predicted molar refractivity (Wildman–Crippen MR) is 123 cm³/mol. The van der Waals surface area contributed by atoms with Crippen molar-refractivity contribution in [3.63, 3.8) is 0 Å². The van der Waals surface area contributed by atoms with E-state index in [1.165, 1.54) is 0 Å². The number of anilines is 1. The number of fused-ring (bicyclic) bond motifs is 2. The molecule has 1 N–H and O–H groups in total. The molecule has 5 rings (SSSR count). The van der Waals surface area contributed by atoms with Crippen molar-refractivity contribution >= 4 is 33.7 Å². The van der Waals surface area contributed by atoms with Crippen LogP contribution < -0.4 is 5.32 Å². The maximum Gasteiger partial charge on any atom is 0.255 e. The summed E-state index contributed by atoms with van der Waals surface area (Å²) in [7, 11) is 2.01. The Morgan fingerprint density at radius 3 is 2.26 bits per heavy atom. The van der Waals surface area contributed by atoms with Gasteiger partial charge in [-0.1, -0.05) is 12.1 Å². The quantitative estimate of drug-likeness (QED) is 0.454. The van der Waals surface area contributed by atoms with Crippen molar-refractivity contribution in [2.24, 2.45) is 7.05 Å². The lowest BCUT2D eigenvalue weighted by Crippen LogP contribution is -2.12. The van der Waals surface area contributed by atoms with Gasteiger partial charge >= 0.3 is 0 Å². The van der Waals surface area contributed by atoms with Crippen LogP contribution in [0.25, 0.3) is 33.5 Å². The fourth-order valence-electron chi connectivity index (χ4n) is 3.68. The summed E-state index contributed by atoms with van der Waals surface area (Å²) in [5.74, 6) is 0.704. The number of carbonyl (C=O) groups excluding carboxylic acids is 1. The van der Waals surface area contributed by atoms with E-state index in [4.69, 9.17) is 4.98 Å². The van der Waals surface area contributed by atoms with Crippen LogP contribution in [0.5, 0.6) is 0 Å². The molecular formula is C25H21N5O. The molecule has 31 heavy (non-hydrogen) atoms. The fraction of sp³-hybridized carbons (Fsp3) is 0.120. The molecule has 6 nitrogen and oxygen atoms in total. The number of carbonyl (C=O) groups is 1. The molecule has 2 heterocycles. The highest BCUT2D eigenvalue weighted by Gasteiger charge is 2.12. The zero-order chi connectivity index (χ0) is 21.5. The summed E-state index contributed by atoms with van der Waals surface area (Å²) in [6, 6.07) is 21.1. The second-order valence-electron chi connectivity index (χ2n) is 7.61. The minimum atomic E-state index is -0.183. The molecule has 5 aromatic rings. The summed E-state index contributed by atoms with van der Waals surface area (Å²) in [6.07, 6.45) is 0. The molecule has 0 saturated heterocycles. The molecule has 0 unspecified atom stereocenters. The SMILES string of the molecule is Cc1nc2ccc(C(=O)Nc3ccc(-c4nc5ccccc5n4C)cc3)cc2nc1C. The minimum Gasteiger partial charge on any atom is -0.327 e. The maximum atomic E-state index is 12.8. The average molecular weight is 407 g/mol. The molecule has 0 radical (unpaired) electrons. The van der Waals surface area contributed by atoms with Crippen molar-refractivity contribution in [3.05, 3.63) is 83.7 Å². The van der Waals surface area contributed by atoms with Gasteiger partial charge < -0.3 is 9.88 Å². The van der Waals surface area contributed by atoms with Crippen molar-refractivity contribution < 1.29 is 4.79 Å². The number of rotatable bonds is 3. The smallest absolute Gasteiger partial charge is 0.255 e. The molecule has 0 bridgehead atoms. The Kier molecular flexibility index (Phi) is 4.47. The van der Waals surface area contributed by atoms with Crippen LogP contribution in [-0.2, 0) is 7.05 Å². The first kappa shape index (κ1) is 18.9. The highest BCUT2D eigenvalue weighted by molar-refractivity contribution is 6.06. The van der Waals surface area contributed by atoms with Gasteiger partial charge in [0.05, 0.1) is 33.5 Å². The first-order chi connectivity index (χ1) is 15.0. The molecule has 0 aliphatic heterocycles. The van der Waals surface area contributed by atoms with Gasteiger partial charge in [-0.15, -0.1) is 0 Å². The lowest BCUT2D eigenvalue weighted by molar-refractivity contribution is 0.102. The van der Waals surface area contributed by atoms with Gasteiger partial charge in [0.1, 0.15) is 5.82 Å². The Bertz CT molecular complexity index is 1450. The Labute approximate surface area is 179 Å². The summed E-state index contributed by atoms with van der Waals surface area (Å²) >= 11 is 0. The van der Waals surface area contributed by atoms with Gasteiger partial charge in [-0.3, -0.25) is 4.79 Å². The van der Waals surface area contributed by atoms with Crippen molar-refractivity contribution in [1.82, 2.24) is 19.5 Å². The number of aryl methyl sites for hydroxylation is 3. The number of para-hydroxylation sites is 2. The average Bonchev–Trinajstić information content (AvgIpc) is 3.11. The monoisotopic (exact) mass is 407 g/mol. The van der Waals surface area contributed by atoms with E-state index in [0.29, 0.717) is 11.1 Å². The highest BCUT2D eigenvalue weighted by Crippen LogP contribution is 2.25. The van der Waals surface area contributed by atoms with Crippen molar-refractivity contribution in [2.75, 3.05) is 5.32 Å². The zero-order valence-electron chi connectivity index (χ0n) is 17.5. The number of imidazole rings is 1. The summed E-state index contributed by atoms with van der Waals surface area (Å²) in [6.45, 7) is 3.85. The number of amides is 1. The second kappa shape index (κ2) is 7.32. The van der Waals surface area contributed by atoms with Crippen molar-refractivity contribution in [2.45, 2.75) is 13.8 Å². The van der Waals surface area contributed by atoms with Crippen molar-refractivity contribution in [1.29, 1.82) is 0 Å². The van der Waals surface area contributed by atoms with E-state index in [-0.39, 0.29) is 5.91 Å². The second-order valence-corrected chi connectivity index (χ2v) is 7.61. The molecule has 0 saturated carbocycles. The lowest BCUT2D eigenvalue weighted by atomic mass is 10.1. The largest absolute Gasteiger partial charge is 0.327 e. The van der Waals surface area contributed by atoms with E-state index in [9.17, 15) is 4.79 Å². The number of hydrogen-bond donors (Lipinski definition) is 1. The first-order valence-electron chi connectivity index (χ1n) is 10.1. The normalized spacial score (nSPS) is 11.2. The van der Waals surface area contributed by atoms with Crippen molar-refractivity contribution in [3.8, 4) is 11.4 Å². The van der Waals surface area contributed by atoms with Gasteiger partial charge in [-0.05, 0) is 68.4 Å². The Balaban J connectivity index is 1.39. The number of aromatic nitrogens is 4. The molecule has 152 valence electrons. The van der Waals surface area contributed by atoms with Gasteiger partial charge in [-0.25, -0.2) is 15.0 Å². The van der Waals surface area contributed by atoms with E-state index < -0.39 is 0 Å². The molecule has 0 atom stereocenters. The number of hydrogen-bond acceptors (Lipinski definition) is 4. The zero-order valence-corrected chi connectivity index (χ0v) is 17.5. The van der Waals surface area contributed by atoms with Crippen LogP contribution in [0.15, 0.2) is 66.7 Å². The third-order valence-electron chi connectivity index (χ3n) is 5.53. The molecule has 2 aromatic heterocycles. The van der Waals surface area contributed by atoms with E-state index >= 15 is 0 Å². The van der Waals surface area contributed by atoms with Crippen LogP contribution in [0.2, 0.25) is 0 Å². The molecule has 3 aromatic carbocycles. The van der Waals surface area contributed by atoms with Crippen LogP contribution in [0.1, 0.15) is 21.7 Å². The first-order valence-corrected chi connectivity index (χ1v) is 10.1. The van der Waals surface area contributed by atoms with Crippen LogP contribution in [0.3, 0.4) is 0 Å². The molecular weight excluding hydrogens is 386 g/mol. The molecule has 0 aliphatic carbocycles. The van der Waals surface area contributed by atoms with E-state index in [1.54, 1.807) is 12.1 Å². The summed E-state index contributed by atoms with van der Waals surface area (Å²) in [5.41, 5.74) is 7.56. The van der Waals surface area contributed by atoms with Gasteiger partial charge in [0.2, 0.25) is 0 Å². The summed E-state index contributed by atoms with van der Waals surface area (Å²) in [5, 5.41) is 2.95. The summed E-state index contributed by atoms with van der Waals surface area (Å²) < 4.78 is 2.07. The third-order valence-corrected chi connectivity index (χ3v) is 5.53. The van der Waals surface area contributed by atoms with Crippen LogP contribution >= 0.6 is 0 Å². The maximum absolute atomic E-state index is 12.8. The number of nitrogens with zero attached hydrogens (tertiary/aromatic N) is 4. The fourth-order valence-corrected chi connectivity index (χ4v) is 3.68. The highest BCUT2D eigenvalue weighted by atomic mass is 16.1. The van der Waals surface area contributed by atoms with Gasteiger partial charge in [0, 0.05) is 23.9 Å². The molecule has 6 heteroatoms. The predicted octanol–water partition coefficient (Wildman–Crippen LogP) is 5.05. The molecule has 0 aliphatic rings. The van der Waals surface area contributed by atoms with Crippen LogP contribution in [0.4, 0.5) is 5.69 Å². The van der Waals surface area contributed by atoms with Crippen LogP contribution in [0, 0.1) is 13.8 Å². The van der Waals surface area contributed by atoms with Gasteiger partial charge in [0.25, 0.3) is 5.91 Å². The van der Waals surface area contributed by atoms with E-state index in [1.807, 2.05) is 69.4 Å². The number of benzene rings is 3. The molecule has 0 spiro atoms. The lowest BCUT2D eigenvalue weighted by Gasteiger charge is -2.08. The topological polar surface area (TPSA) is 72.7 Å². The van der Waals surface area contributed by atoms with E-state index in [2.05, 4.69) is 25.9 Å². The Hall–Kier alpha value is -4.06. The Morgan fingerprint density at radius 2 is 1.52 bits per heavy atom. The van der Waals surface area contributed by atoms with E-state index in [0.717, 1.165) is 45.0 Å². The molecule has 0 fully saturated rings. The standard InChI is InChI=1S/C25H21N5O/c1-15-16(2)27-22-14-18(10-13-20(22)26-15)25(31)28-19-11-8-17(9-12-19)24-29-21-6-4-5-7-23(21)30(24)3/h4-14H,1-3H3,(H,28,31). The minimum absolute atomic E-state index is 0.183.